The predicted octanol–water partition coefficient (Wildman–Crippen LogP) is 7.69. The average molecular weight is 625 g/mol. The van der Waals surface area contributed by atoms with Gasteiger partial charge in [-0.05, 0) is 47.4 Å². The molecular formula is C38H36N6O3. The topological polar surface area (TPSA) is 105 Å². The molecule has 1 aliphatic heterocycles. The fraction of sp³-hybridized carbons (Fsp3) is 0.184. The van der Waals surface area contributed by atoms with Gasteiger partial charge in [-0.3, -0.25) is 4.90 Å². The summed E-state index contributed by atoms with van der Waals surface area (Å²) in [4.78, 5) is 24.2. The summed E-state index contributed by atoms with van der Waals surface area (Å²) in [6.07, 6.45) is 2.29. The van der Waals surface area contributed by atoms with Crippen molar-refractivity contribution >= 4 is 34.3 Å². The van der Waals surface area contributed by atoms with Crippen molar-refractivity contribution in [3.63, 3.8) is 0 Å². The first kappa shape index (κ1) is 30.2. The van der Waals surface area contributed by atoms with E-state index in [0.717, 1.165) is 95.4 Å². The number of aromatic nitrogens is 2. The largest absolute Gasteiger partial charge is 0.437 e. The maximum Gasteiger partial charge on any atom is 0.323 e. The summed E-state index contributed by atoms with van der Waals surface area (Å²) >= 11 is 0. The van der Waals surface area contributed by atoms with E-state index >= 15 is 0 Å². The zero-order chi connectivity index (χ0) is 31.8. The second kappa shape index (κ2) is 14.3. The summed E-state index contributed by atoms with van der Waals surface area (Å²) in [6, 6.07) is 35.9. The highest BCUT2D eigenvalue weighted by Gasteiger charge is 2.22. The fourth-order valence-electron chi connectivity index (χ4n) is 5.88. The summed E-state index contributed by atoms with van der Waals surface area (Å²) < 4.78 is 11.8. The van der Waals surface area contributed by atoms with Crippen LogP contribution in [0.2, 0.25) is 0 Å². The van der Waals surface area contributed by atoms with Crippen LogP contribution in [0.25, 0.3) is 33.6 Å². The Morgan fingerprint density at radius 1 is 0.745 bits per heavy atom. The Morgan fingerprint density at radius 3 is 2.23 bits per heavy atom. The van der Waals surface area contributed by atoms with Gasteiger partial charge in [0.25, 0.3) is 0 Å². The van der Waals surface area contributed by atoms with E-state index in [1.165, 1.54) is 6.33 Å². The minimum absolute atomic E-state index is 0.278. The van der Waals surface area contributed by atoms with Crippen LogP contribution in [0.3, 0.4) is 0 Å². The van der Waals surface area contributed by atoms with Gasteiger partial charge in [0.05, 0.1) is 18.6 Å². The fourth-order valence-corrected chi connectivity index (χ4v) is 5.88. The van der Waals surface area contributed by atoms with E-state index in [9.17, 15) is 4.79 Å². The third-order valence-corrected chi connectivity index (χ3v) is 8.20. The maximum atomic E-state index is 12.7. The van der Waals surface area contributed by atoms with Crippen LogP contribution in [-0.2, 0) is 17.7 Å². The Bertz CT molecular complexity index is 1940. The number of rotatable bonds is 10. The zero-order valence-electron chi connectivity index (χ0n) is 26.0. The number of nitrogens with one attached hydrogen (secondary N) is 3. The minimum atomic E-state index is -0.278. The lowest BCUT2D eigenvalue weighted by molar-refractivity contribution is 0.0342. The summed E-state index contributed by atoms with van der Waals surface area (Å²) in [5.74, 6) is 1.49. The van der Waals surface area contributed by atoms with Crippen LogP contribution in [0.1, 0.15) is 11.1 Å². The number of carbonyl (C=O) groups excluding carboxylic acids is 1. The third-order valence-electron chi connectivity index (χ3n) is 8.20. The number of hydrogen-bond acceptors (Lipinski definition) is 7. The molecule has 9 heteroatoms. The molecule has 4 aromatic carbocycles. The van der Waals surface area contributed by atoms with Crippen molar-refractivity contribution in [2.24, 2.45) is 0 Å². The van der Waals surface area contributed by atoms with Crippen LogP contribution >= 0.6 is 0 Å². The number of carbonyl (C=O) groups is 1. The Hall–Kier alpha value is -5.51. The highest BCUT2D eigenvalue weighted by molar-refractivity contribution is 6.05. The number of nitrogens with zero attached hydrogens (tertiary/aromatic N) is 3. The van der Waals surface area contributed by atoms with Crippen LogP contribution in [0.15, 0.2) is 120 Å². The van der Waals surface area contributed by atoms with E-state index in [0.29, 0.717) is 12.3 Å². The molecule has 0 unspecified atom stereocenters. The van der Waals surface area contributed by atoms with Gasteiger partial charge in [-0.15, -0.1) is 0 Å². The molecule has 3 heterocycles. The molecule has 236 valence electrons. The number of anilines is 3. The molecule has 1 fully saturated rings. The van der Waals surface area contributed by atoms with Gasteiger partial charge in [-0.1, -0.05) is 84.9 Å². The molecule has 0 spiro atoms. The Kier molecular flexibility index (Phi) is 9.17. The number of amides is 2. The van der Waals surface area contributed by atoms with Crippen molar-refractivity contribution < 1.29 is 13.9 Å². The number of furan rings is 1. The normalized spacial score (nSPS) is 13.4. The van der Waals surface area contributed by atoms with Gasteiger partial charge < -0.3 is 25.1 Å². The first-order valence-electron chi connectivity index (χ1n) is 15.9. The van der Waals surface area contributed by atoms with Gasteiger partial charge in [-0.2, -0.15) is 0 Å². The quantitative estimate of drug-likeness (QED) is 0.144. The van der Waals surface area contributed by atoms with Crippen molar-refractivity contribution in [1.82, 2.24) is 14.9 Å². The molecule has 1 saturated heterocycles. The van der Waals surface area contributed by atoms with Crippen molar-refractivity contribution in [2.75, 3.05) is 48.8 Å². The van der Waals surface area contributed by atoms with E-state index in [1.807, 2.05) is 91.0 Å². The molecule has 2 amide bonds. The SMILES string of the molecule is O=C(Nc1ccc(CCNc2ncnc3oc(-c4ccccc4)c(-c4ccccc4)c23)cc1)Nc1cccc(CN2CCOCC2)c1. The lowest BCUT2D eigenvalue weighted by atomic mass is 9.99. The Labute approximate surface area is 273 Å². The molecule has 0 saturated carbocycles. The smallest absolute Gasteiger partial charge is 0.323 e. The van der Waals surface area contributed by atoms with Crippen LogP contribution in [0.4, 0.5) is 22.0 Å². The molecule has 0 atom stereocenters. The van der Waals surface area contributed by atoms with Crippen molar-refractivity contribution in [2.45, 2.75) is 13.0 Å². The van der Waals surface area contributed by atoms with Gasteiger partial charge in [-0.25, -0.2) is 14.8 Å². The van der Waals surface area contributed by atoms with Gasteiger partial charge in [0.15, 0.2) is 0 Å². The molecule has 2 aromatic heterocycles. The van der Waals surface area contributed by atoms with Crippen molar-refractivity contribution in [3.8, 4) is 22.5 Å². The number of fused-ring (bicyclic) bond motifs is 1. The van der Waals surface area contributed by atoms with Crippen LogP contribution in [0.5, 0.6) is 0 Å². The van der Waals surface area contributed by atoms with E-state index < -0.39 is 0 Å². The molecule has 9 nitrogen and oxygen atoms in total. The molecule has 6 aromatic rings. The molecule has 1 aliphatic rings. The van der Waals surface area contributed by atoms with Crippen LogP contribution < -0.4 is 16.0 Å². The average Bonchev–Trinajstić information content (AvgIpc) is 3.51. The van der Waals surface area contributed by atoms with E-state index in [-0.39, 0.29) is 6.03 Å². The summed E-state index contributed by atoms with van der Waals surface area (Å²) in [5.41, 5.74) is 7.30. The lowest BCUT2D eigenvalue weighted by Gasteiger charge is -2.26. The van der Waals surface area contributed by atoms with Crippen LogP contribution in [0, 0.1) is 0 Å². The first-order chi connectivity index (χ1) is 23.2. The van der Waals surface area contributed by atoms with Gasteiger partial charge in [0, 0.05) is 48.7 Å². The standard InChI is InChI=1S/C38H36N6O3/c45-38(43-32-13-7-8-28(24-32)25-44-20-22-46-23-21-44)42-31-16-14-27(15-17-31)18-19-39-36-34-33(29-9-3-1-4-10-29)35(30-11-5-2-6-12-30)47-37(34)41-26-40-36/h1-17,24,26H,18-23,25H2,(H,39,40,41)(H2,42,43,45). The number of urea groups is 1. The second-order valence-corrected chi connectivity index (χ2v) is 11.5. The predicted molar refractivity (Wildman–Crippen MR) is 186 cm³/mol. The van der Waals surface area contributed by atoms with E-state index in [2.05, 4.69) is 49.0 Å². The van der Waals surface area contributed by atoms with Gasteiger partial charge in [0.1, 0.15) is 17.9 Å². The van der Waals surface area contributed by atoms with Crippen molar-refractivity contribution in [1.29, 1.82) is 0 Å². The molecule has 0 aliphatic carbocycles. The first-order valence-corrected chi connectivity index (χ1v) is 15.9. The molecule has 47 heavy (non-hydrogen) atoms. The summed E-state index contributed by atoms with van der Waals surface area (Å²) in [6.45, 7) is 4.85. The lowest BCUT2D eigenvalue weighted by Crippen LogP contribution is -2.35. The van der Waals surface area contributed by atoms with Gasteiger partial charge in [0.2, 0.25) is 5.71 Å². The maximum absolute atomic E-state index is 12.7. The minimum Gasteiger partial charge on any atom is -0.437 e. The second-order valence-electron chi connectivity index (χ2n) is 11.5. The number of morpholine rings is 1. The number of hydrogen-bond donors (Lipinski definition) is 3. The van der Waals surface area contributed by atoms with Crippen LogP contribution in [-0.4, -0.2) is 53.7 Å². The molecule has 0 bridgehead atoms. The Balaban J connectivity index is 0.986. The zero-order valence-corrected chi connectivity index (χ0v) is 26.0. The Morgan fingerprint density at radius 2 is 1.47 bits per heavy atom. The van der Waals surface area contributed by atoms with Gasteiger partial charge >= 0.3 is 6.03 Å². The summed E-state index contributed by atoms with van der Waals surface area (Å²) in [7, 11) is 0. The summed E-state index contributed by atoms with van der Waals surface area (Å²) in [5, 5.41) is 10.3. The molecule has 3 N–H and O–H groups in total. The van der Waals surface area contributed by atoms with Crippen molar-refractivity contribution in [3.05, 3.63) is 127 Å². The monoisotopic (exact) mass is 624 g/mol. The molecule has 0 radical (unpaired) electrons. The number of benzene rings is 4. The third kappa shape index (κ3) is 7.33. The highest BCUT2D eigenvalue weighted by Crippen LogP contribution is 2.42. The van der Waals surface area contributed by atoms with E-state index in [1.54, 1.807) is 0 Å². The molecular weight excluding hydrogens is 588 g/mol. The number of ether oxygens (including phenoxy) is 1. The molecule has 7 rings (SSSR count). The highest BCUT2D eigenvalue weighted by atomic mass is 16.5. The van der Waals surface area contributed by atoms with E-state index in [4.69, 9.17) is 9.15 Å².